The van der Waals surface area contributed by atoms with Crippen molar-refractivity contribution in [2.24, 2.45) is 0 Å². The summed E-state index contributed by atoms with van der Waals surface area (Å²) < 4.78 is 4.60. The first kappa shape index (κ1) is 9.21. The number of ether oxygens (including phenoxy) is 1. The Morgan fingerprint density at radius 1 is 1.50 bits per heavy atom. The monoisotopic (exact) mass is 192 g/mol. The van der Waals surface area contributed by atoms with Crippen molar-refractivity contribution in [2.45, 2.75) is 18.8 Å². The number of hydrogen-bond acceptors (Lipinski definition) is 3. The van der Waals surface area contributed by atoms with Crippen molar-refractivity contribution >= 4 is 5.97 Å². The molecule has 1 aliphatic carbocycles. The molecule has 1 aromatic rings. The lowest BCUT2D eigenvalue weighted by Crippen LogP contribution is -2.14. The summed E-state index contributed by atoms with van der Waals surface area (Å²) in [5.41, 5.74) is 2.26. The predicted octanol–water partition coefficient (Wildman–Crippen LogP) is 1.21. The highest BCUT2D eigenvalue weighted by Gasteiger charge is 2.29. The van der Waals surface area contributed by atoms with E-state index in [1.807, 2.05) is 24.3 Å². The Balaban J connectivity index is 2.21. The molecule has 0 fully saturated rings. The minimum atomic E-state index is -0.530. The second-order valence-electron chi connectivity index (χ2n) is 3.38. The molecule has 1 N–H and O–H groups in total. The average molecular weight is 192 g/mol. The molecule has 0 bridgehead atoms. The lowest BCUT2D eigenvalue weighted by Gasteiger charge is -2.09. The van der Waals surface area contributed by atoms with E-state index in [1.54, 1.807) is 0 Å². The van der Waals surface area contributed by atoms with Crippen molar-refractivity contribution in [2.75, 3.05) is 6.79 Å². The van der Waals surface area contributed by atoms with Crippen LogP contribution in [0.2, 0.25) is 0 Å². The zero-order valence-corrected chi connectivity index (χ0v) is 7.77. The molecule has 14 heavy (non-hydrogen) atoms. The standard InChI is InChI=1S/C11H12O3/c12-7-14-11(13)10-6-5-8-3-1-2-4-9(8)10/h1-4,10,12H,5-7H2. The molecule has 1 aliphatic rings. The Bertz CT molecular complexity index is 346. The van der Waals surface area contributed by atoms with Crippen LogP contribution in [0.15, 0.2) is 24.3 Å². The fraction of sp³-hybridized carbons (Fsp3) is 0.364. The van der Waals surface area contributed by atoms with E-state index in [4.69, 9.17) is 5.11 Å². The van der Waals surface area contributed by atoms with Gasteiger partial charge in [0.25, 0.3) is 0 Å². The van der Waals surface area contributed by atoms with E-state index in [0.29, 0.717) is 0 Å². The molecule has 74 valence electrons. The fourth-order valence-electron chi connectivity index (χ4n) is 1.97. The average Bonchev–Trinajstić information content (AvgIpc) is 2.61. The molecule has 2 rings (SSSR count). The van der Waals surface area contributed by atoms with Crippen LogP contribution < -0.4 is 0 Å². The first-order chi connectivity index (χ1) is 6.83. The first-order valence-electron chi connectivity index (χ1n) is 4.68. The van der Waals surface area contributed by atoms with E-state index < -0.39 is 6.79 Å². The van der Waals surface area contributed by atoms with Crippen LogP contribution in [0.5, 0.6) is 0 Å². The van der Waals surface area contributed by atoms with E-state index in [1.165, 1.54) is 5.56 Å². The molecular weight excluding hydrogens is 180 g/mol. The molecule has 0 saturated carbocycles. The minimum Gasteiger partial charge on any atom is -0.438 e. The van der Waals surface area contributed by atoms with Gasteiger partial charge in [0, 0.05) is 0 Å². The number of aliphatic hydroxyl groups excluding tert-OH is 1. The molecular formula is C11H12O3. The van der Waals surface area contributed by atoms with Crippen molar-refractivity contribution in [3.63, 3.8) is 0 Å². The lowest BCUT2D eigenvalue weighted by molar-refractivity contribution is -0.153. The smallest absolute Gasteiger partial charge is 0.315 e. The highest BCUT2D eigenvalue weighted by atomic mass is 16.6. The van der Waals surface area contributed by atoms with Crippen LogP contribution in [0.1, 0.15) is 23.5 Å². The van der Waals surface area contributed by atoms with Crippen molar-refractivity contribution in [3.05, 3.63) is 35.4 Å². The molecule has 0 aromatic heterocycles. The second kappa shape index (κ2) is 3.80. The first-order valence-corrected chi connectivity index (χ1v) is 4.68. The zero-order chi connectivity index (χ0) is 9.97. The normalized spacial score (nSPS) is 19.1. The zero-order valence-electron chi connectivity index (χ0n) is 7.77. The van der Waals surface area contributed by atoms with Gasteiger partial charge in [0.15, 0.2) is 6.79 Å². The van der Waals surface area contributed by atoms with Crippen molar-refractivity contribution in [1.82, 2.24) is 0 Å². The van der Waals surface area contributed by atoms with E-state index in [9.17, 15) is 4.79 Å². The summed E-state index contributed by atoms with van der Waals surface area (Å²) in [6, 6.07) is 7.87. The minimum absolute atomic E-state index is 0.182. The summed E-state index contributed by atoms with van der Waals surface area (Å²) in [6.07, 6.45) is 1.71. The molecule has 3 heteroatoms. The van der Waals surface area contributed by atoms with Crippen molar-refractivity contribution in [3.8, 4) is 0 Å². The summed E-state index contributed by atoms with van der Waals surface area (Å²) in [4.78, 5) is 11.4. The third-order valence-electron chi connectivity index (χ3n) is 2.62. The van der Waals surface area contributed by atoms with Crippen LogP contribution in [-0.2, 0) is 16.0 Å². The summed E-state index contributed by atoms with van der Waals surface area (Å²) >= 11 is 0. The van der Waals surface area contributed by atoms with Gasteiger partial charge in [0.2, 0.25) is 0 Å². The van der Waals surface area contributed by atoms with Gasteiger partial charge in [-0.2, -0.15) is 0 Å². The van der Waals surface area contributed by atoms with E-state index in [-0.39, 0.29) is 11.9 Å². The van der Waals surface area contributed by atoms with Gasteiger partial charge in [-0.05, 0) is 24.0 Å². The van der Waals surface area contributed by atoms with Gasteiger partial charge in [-0.25, -0.2) is 0 Å². The third kappa shape index (κ3) is 1.51. The van der Waals surface area contributed by atoms with Gasteiger partial charge in [-0.1, -0.05) is 24.3 Å². The van der Waals surface area contributed by atoms with E-state index in [0.717, 1.165) is 18.4 Å². The maximum Gasteiger partial charge on any atom is 0.315 e. The molecule has 0 aliphatic heterocycles. The summed E-state index contributed by atoms with van der Waals surface area (Å²) in [5, 5.41) is 8.50. The van der Waals surface area contributed by atoms with E-state index in [2.05, 4.69) is 4.74 Å². The number of rotatable bonds is 2. The number of aryl methyl sites for hydroxylation is 1. The van der Waals surface area contributed by atoms with Gasteiger partial charge in [0.05, 0.1) is 5.92 Å². The SMILES string of the molecule is O=C(OCO)C1CCc2ccccc21. The Morgan fingerprint density at radius 2 is 2.29 bits per heavy atom. The summed E-state index contributed by atoms with van der Waals surface area (Å²) in [6.45, 7) is -0.530. The molecule has 0 spiro atoms. The Labute approximate surface area is 82.3 Å². The number of aliphatic hydroxyl groups is 1. The topological polar surface area (TPSA) is 46.5 Å². The van der Waals surface area contributed by atoms with Crippen LogP contribution in [0.3, 0.4) is 0 Å². The third-order valence-corrected chi connectivity index (χ3v) is 2.62. The maximum absolute atomic E-state index is 11.4. The number of hydrogen-bond donors (Lipinski definition) is 1. The highest BCUT2D eigenvalue weighted by Crippen LogP contribution is 2.33. The van der Waals surface area contributed by atoms with Gasteiger partial charge < -0.3 is 9.84 Å². The van der Waals surface area contributed by atoms with Crippen molar-refractivity contribution in [1.29, 1.82) is 0 Å². The Hall–Kier alpha value is -1.35. The maximum atomic E-state index is 11.4. The molecule has 1 unspecified atom stereocenters. The molecule has 3 nitrogen and oxygen atoms in total. The quantitative estimate of drug-likeness (QED) is 0.566. The molecule has 0 amide bonds. The van der Waals surface area contributed by atoms with Gasteiger partial charge in [-0.3, -0.25) is 4.79 Å². The van der Waals surface area contributed by atoms with Crippen LogP contribution >= 0.6 is 0 Å². The predicted molar refractivity (Wildman–Crippen MR) is 50.7 cm³/mol. The summed E-state index contributed by atoms with van der Waals surface area (Å²) in [7, 11) is 0. The molecule has 0 saturated heterocycles. The number of carbonyl (C=O) groups is 1. The fourth-order valence-corrected chi connectivity index (χ4v) is 1.97. The van der Waals surface area contributed by atoms with Gasteiger partial charge >= 0.3 is 5.97 Å². The number of carbonyl (C=O) groups excluding carboxylic acids is 1. The largest absolute Gasteiger partial charge is 0.438 e. The summed E-state index contributed by atoms with van der Waals surface area (Å²) in [5.74, 6) is -0.504. The highest BCUT2D eigenvalue weighted by molar-refractivity contribution is 5.79. The Kier molecular flexibility index (Phi) is 2.50. The van der Waals surface area contributed by atoms with Crippen LogP contribution in [0.4, 0.5) is 0 Å². The number of benzene rings is 1. The molecule has 0 heterocycles. The van der Waals surface area contributed by atoms with E-state index >= 15 is 0 Å². The number of fused-ring (bicyclic) bond motifs is 1. The van der Waals surface area contributed by atoms with Crippen molar-refractivity contribution < 1.29 is 14.6 Å². The van der Waals surface area contributed by atoms with Gasteiger partial charge in [0.1, 0.15) is 0 Å². The number of esters is 1. The van der Waals surface area contributed by atoms with Crippen LogP contribution in [-0.4, -0.2) is 17.9 Å². The lowest BCUT2D eigenvalue weighted by atomic mass is 10.0. The van der Waals surface area contributed by atoms with Crippen LogP contribution in [0.25, 0.3) is 0 Å². The second-order valence-corrected chi connectivity index (χ2v) is 3.38. The molecule has 1 atom stereocenters. The van der Waals surface area contributed by atoms with Crippen LogP contribution in [0, 0.1) is 0 Å². The molecule has 0 radical (unpaired) electrons. The molecule has 1 aromatic carbocycles. The van der Waals surface area contributed by atoms with Gasteiger partial charge in [-0.15, -0.1) is 0 Å². The Morgan fingerprint density at radius 3 is 3.07 bits per heavy atom.